The fourth-order valence-corrected chi connectivity index (χ4v) is 2.00. The van der Waals surface area contributed by atoms with E-state index in [2.05, 4.69) is 5.32 Å². The molecular formula is C10H23NO3S. The second-order valence-electron chi connectivity index (χ2n) is 3.99. The molecule has 0 aromatic heterocycles. The highest BCUT2D eigenvalue weighted by Gasteiger charge is 2.11. The summed E-state index contributed by atoms with van der Waals surface area (Å²) in [4.78, 5) is 0. The highest BCUT2D eigenvalue weighted by atomic mass is 32.2. The minimum atomic E-state index is -2.83. The van der Waals surface area contributed by atoms with Gasteiger partial charge in [-0.2, -0.15) is 0 Å². The number of nitrogens with one attached hydrogen (secondary N) is 1. The number of rotatable bonds is 8. The molecule has 0 spiro atoms. The molecule has 0 aromatic carbocycles. The Labute approximate surface area is 93.0 Å². The molecule has 2 unspecified atom stereocenters. The molecule has 0 aliphatic carbocycles. The highest BCUT2D eigenvalue weighted by molar-refractivity contribution is 7.91. The Morgan fingerprint density at radius 3 is 2.40 bits per heavy atom. The second kappa shape index (κ2) is 7.19. The third-order valence-corrected chi connectivity index (χ3v) is 4.47. The molecule has 92 valence electrons. The first-order valence-corrected chi connectivity index (χ1v) is 7.29. The lowest BCUT2D eigenvalue weighted by molar-refractivity contribution is 0.208. The van der Waals surface area contributed by atoms with Crippen LogP contribution >= 0.6 is 0 Å². The van der Waals surface area contributed by atoms with Crippen LogP contribution < -0.4 is 5.32 Å². The van der Waals surface area contributed by atoms with Crippen LogP contribution in [0.15, 0.2) is 0 Å². The molecule has 4 nitrogen and oxygen atoms in total. The topological polar surface area (TPSA) is 66.4 Å². The molecule has 0 saturated carbocycles. The fourth-order valence-electron chi connectivity index (χ4n) is 1.13. The van der Waals surface area contributed by atoms with Crippen LogP contribution in [0.1, 0.15) is 27.2 Å². The molecule has 0 aliphatic rings. The van der Waals surface area contributed by atoms with E-state index in [-0.39, 0.29) is 30.1 Å². The van der Waals surface area contributed by atoms with E-state index in [0.717, 1.165) is 0 Å². The van der Waals surface area contributed by atoms with Gasteiger partial charge in [-0.1, -0.05) is 13.8 Å². The van der Waals surface area contributed by atoms with E-state index >= 15 is 0 Å². The lowest BCUT2D eigenvalue weighted by Crippen LogP contribution is -2.35. The third kappa shape index (κ3) is 6.87. The maximum atomic E-state index is 11.2. The van der Waals surface area contributed by atoms with Gasteiger partial charge >= 0.3 is 0 Å². The van der Waals surface area contributed by atoms with Gasteiger partial charge in [0.05, 0.1) is 5.75 Å². The monoisotopic (exact) mass is 237 g/mol. The number of hydrogen-bond donors (Lipinski definition) is 2. The first-order chi connectivity index (χ1) is 6.93. The molecule has 0 fully saturated rings. The van der Waals surface area contributed by atoms with E-state index in [1.165, 1.54) is 0 Å². The Bertz CT molecular complexity index is 251. The normalized spacial score (nSPS) is 16.3. The predicted molar refractivity (Wildman–Crippen MR) is 62.7 cm³/mol. The van der Waals surface area contributed by atoms with Gasteiger partial charge in [0.1, 0.15) is 9.84 Å². The Morgan fingerprint density at radius 2 is 1.93 bits per heavy atom. The molecule has 15 heavy (non-hydrogen) atoms. The van der Waals surface area contributed by atoms with E-state index in [0.29, 0.717) is 13.0 Å². The van der Waals surface area contributed by atoms with Crippen LogP contribution in [0.25, 0.3) is 0 Å². The van der Waals surface area contributed by atoms with Crippen LogP contribution in [0.5, 0.6) is 0 Å². The molecule has 0 bridgehead atoms. The van der Waals surface area contributed by atoms with Gasteiger partial charge in [-0.15, -0.1) is 0 Å². The summed E-state index contributed by atoms with van der Waals surface area (Å²) in [6, 6.07) is 0.222. The van der Waals surface area contributed by atoms with E-state index in [9.17, 15) is 8.42 Å². The van der Waals surface area contributed by atoms with Gasteiger partial charge in [0.25, 0.3) is 0 Å². The first-order valence-electron chi connectivity index (χ1n) is 5.47. The van der Waals surface area contributed by atoms with Gasteiger partial charge in [-0.05, 0) is 25.8 Å². The summed E-state index contributed by atoms with van der Waals surface area (Å²) in [6.07, 6.45) is 0.638. The van der Waals surface area contributed by atoms with Gasteiger partial charge in [-0.25, -0.2) is 8.42 Å². The highest BCUT2D eigenvalue weighted by Crippen LogP contribution is 2.00. The zero-order valence-electron chi connectivity index (χ0n) is 9.86. The summed E-state index contributed by atoms with van der Waals surface area (Å²) in [5.41, 5.74) is 0. The number of hydrogen-bond acceptors (Lipinski definition) is 4. The van der Waals surface area contributed by atoms with Crippen LogP contribution in [0, 0.1) is 5.92 Å². The van der Waals surface area contributed by atoms with Crippen molar-refractivity contribution in [1.82, 2.24) is 5.32 Å². The number of aliphatic hydroxyl groups is 1. The molecule has 0 aliphatic heterocycles. The predicted octanol–water partition coefficient (Wildman–Crippen LogP) is 0.418. The van der Waals surface area contributed by atoms with Crippen LogP contribution in [0.2, 0.25) is 0 Å². The second-order valence-corrected chi connectivity index (χ2v) is 6.47. The maximum Gasteiger partial charge on any atom is 0.150 e. The summed E-state index contributed by atoms with van der Waals surface area (Å²) in [5.74, 6) is 0.666. The minimum absolute atomic E-state index is 0.154. The molecule has 0 rings (SSSR count). The largest absolute Gasteiger partial charge is 0.396 e. The summed E-state index contributed by atoms with van der Waals surface area (Å²) in [6.45, 7) is 6.46. The Morgan fingerprint density at radius 1 is 1.33 bits per heavy atom. The minimum Gasteiger partial charge on any atom is -0.396 e. The molecule has 0 aromatic rings. The van der Waals surface area contributed by atoms with Gasteiger partial charge in [-0.3, -0.25) is 0 Å². The summed E-state index contributed by atoms with van der Waals surface area (Å²) in [5, 5.41) is 12.1. The average molecular weight is 237 g/mol. The van der Waals surface area contributed by atoms with Gasteiger partial charge in [0.15, 0.2) is 0 Å². The molecular weight excluding hydrogens is 214 g/mol. The smallest absolute Gasteiger partial charge is 0.150 e. The van der Waals surface area contributed by atoms with Crippen molar-refractivity contribution in [3.05, 3.63) is 0 Å². The zero-order valence-corrected chi connectivity index (χ0v) is 10.7. The molecule has 0 amide bonds. The lowest BCUT2D eigenvalue weighted by atomic mass is 10.1. The summed E-state index contributed by atoms with van der Waals surface area (Å²) in [7, 11) is -2.83. The van der Waals surface area contributed by atoms with Crippen molar-refractivity contribution < 1.29 is 13.5 Å². The van der Waals surface area contributed by atoms with Crippen LogP contribution in [-0.2, 0) is 9.84 Å². The van der Waals surface area contributed by atoms with Gasteiger partial charge in [0.2, 0.25) is 0 Å². The lowest BCUT2D eigenvalue weighted by Gasteiger charge is -2.19. The number of aliphatic hydroxyl groups excluding tert-OH is 1. The Hall–Kier alpha value is -0.130. The van der Waals surface area contributed by atoms with Crippen molar-refractivity contribution in [3.63, 3.8) is 0 Å². The van der Waals surface area contributed by atoms with Crippen molar-refractivity contribution in [1.29, 1.82) is 0 Å². The molecule has 0 heterocycles. The standard InChI is InChI=1S/C10H23NO3S/c1-4-15(13,14)7-5-6-11-10(3)9(2)8-12/h9-12H,4-8H2,1-3H3. The molecule has 2 N–H and O–H groups in total. The quantitative estimate of drug-likeness (QED) is 0.600. The molecule has 2 atom stereocenters. The summed E-state index contributed by atoms with van der Waals surface area (Å²) >= 11 is 0. The molecule has 5 heteroatoms. The van der Waals surface area contributed by atoms with E-state index in [1.54, 1.807) is 6.92 Å². The fraction of sp³-hybridized carbons (Fsp3) is 1.00. The van der Waals surface area contributed by atoms with Gasteiger partial charge in [0, 0.05) is 18.4 Å². The van der Waals surface area contributed by atoms with E-state index in [1.807, 2.05) is 13.8 Å². The van der Waals surface area contributed by atoms with Crippen molar-refractivity contribution in [2.45, 2.75) is 33.2 Å². The van der Waals surface area contributed by atoms with Gasteiger partial charge < -0.3 is 10.4 Å². The Kier molecular flexibility index (Phi) is 7.13. The third-order valence-electron chi connectivity index (χ3n) is 2.68. The number of sulfone groups is 1. The summed E-state index contributed by atoms with van der Waals surface area (Å²) < 4.78 is 22.3. The molecule has 0 radical (unpaired) electrons. The van der Waals surface area contributed by atoms with Crippen LogP contribution in [-0.4, -0.2) is 44.2 Å². The zero-order chi connectivity index (χ0) is 11.9. The van der Waals surface area contributed by atoms with Crippen molar-refractivity contribution in [2.75, 3.05) is 24.7 Å². The first kappa shape index (κ1) is 14.9. The van der Waals surface area contributed by atoms with E-state index < -0.39 is 9.84 Å². The maximum absolute atomic E-state index is 11.2. The van der Waals surface area contributed by atoms with Crippen molar-refractivity contribution in [3.8, 4) is 0 Å². The molecule has 0 saturated heterocycles. The van der Waals surface area contributed by atoms with Crippen molar-refractivity contribution >= 4 is 9.84 Å². The van der Waals surface area contributed by atoms with Crippen LogP contribution in [0.3, 0.4) is 0 Å². The van der Waals surface area contributed by atoms with Crippen LogP contribution in [0.4, 0.5) is 0 Å². The SMILES string of the molecule is CCS(=O)(=O)CCCNC(C)C(C)CO. The van der Waals surface area contributed by atoms with Crippen molar-refractivity contribution in [2.24, 2.45) is 5.92 Å². The van der Waals surface area contributed by atoms with E-state index in [4.69, 9.17) is 5.11 Å². The Balaban J connectivity index is 3.63. The average Bonchev–Trinajstić information content (AvgIpc) is 2.22.